The van der Waals surface area contributed by atoms with E-state index in [1.54, 1.807) is 6.07 Å². The molecule has 0 spiro atoms. The molecule has 156 valence electrons. The van der Waals surface area contributed by atoms with Crippen molar-refractivity contribution in [3.8, 4) is 0 Å². The molecule has 1 fully saturated rings. The molecule has 0 unspecified atom stereocenters. The highest BCUT2D eigenvalue weighted by atomic mass is 35.5. The fourth-order valence-electron chi connectivity index (χ4n) is 3.51. The molecule has 0 atom stereocenters. The first kappa shape index (κ1) is 22.1. The number of nitrogens with one attached hydrogen (secondary N) is 1. The lowest BCUT2D eigenvalue weighted by atomic mass is 9.97. The van der Waals surface area contributed by atoms with E-state index < -0.39 is 10.0 Å². The zero-order chi connectivity index (χ0) is 20.9. The van der Waals surface area contributed by atoms with Gasteiger partial charge in [0.1, 0.15) is 4.90 Å². The molecular weight excluding hydrogens is 431 g/mol. The number of benzene rings is 2. The second kappa shape index (κ2) is 9.94. The molecule has 1 saturated heterocycles. The molecule has 1 aliphatic heterocycles. The van der Waals surface area contributed by atoms with Crippen molar-refractivity contribution in [1.29, 1.82) is 0 Å². The van der Waals surface area contributed by atoms with Crippen molar-refractivity contribution < 1.29 is 13.2 Å². The summed E-state index contributed by atoms with van der Waals surface area (Å²) in [5.74, 6) is -0.189. The minimum atomic E-state index is -3.79. The fraction of sp³-hybridized carbons (Fsp3) is 0.381. The molecule has 3 rings (SSSR count). The zero-order valence-electron chi connectivity index (χ0n) is 16.0. The predicted octanol–water partition coefficient (Wildman–Crippen LogP) is 4.14. The molecule has 0 radical (unpaired) electrons. The van der Waals surface area contributed by atoms with E-state index in [2.05, 4.69) is 17.4 Å². The summed E-state index contributed by atoms with van der Waals surface area (Å²) in [6.45, 7) is 1.15. The van der Waals surface area contributed by atoms with Crippen LogP contribution in [-0.4, -0.2) is 38.3 Å². The minimum absolute atomic E-state index is 0.00844. The molecule has 0 aliphatic carbocycles. The van der Waals surface area contributed by atoms with Crippen molar-refractivity contribution >= 4 is 39.1 Å². The van der Waals surface area contributed by atoms with Crippen LogP contribution in [-0.2, 0) is 21.2 Å². The number of piperidine rings is 1. The Morgan fingerprint density at radius 3 is 2.24 bits per heavy atom. The SMILES string of the molecule is O=C(NCCCc1ccccc1)C1CCN(S(=O)(=O)c2c(Cl)cccc2Cl)CC1. The maximum Gasteiger partial charge on any atom is 0.246 e. The third kappa shape index (κ3) is 5.51. The largest absolute Gasteiger partial charge is 0.356 e. The first-order valence-corrected chi connectivity index (χ1v) is 11.8. The fourth-order valence-corrected chi connectivity index (χ4v) is 6.07. The van der Waals surface area contributed by atoms with E-state index in [1.807, 2.05) is 18.2 Å². The maximum absolute atomic E-state index is 12.9. The van der Waals surface area contributed by atoms with Gasteiger partial charge in [-0.3, -0.25) is 4.79 Å². The number of carbonyl (C=O) groups is 1. The van der Waals surface area contributed by atoms with Gasteiger partial charge in [-0.2, -0.15) is 4.31 Å². The monoisotopic (exact) mass is 454 g/mol. The Morgan fingerprint density at radius 1 is 1.00 bits per heavy atom. The number of sulfonamides is 1. The van der Waals surface area contributed by atoms with E-state index >= 15 is 0 Å². The smallest absolute Gasteiger partial charge is 0.246 e. The summed E-state index contributed by atoms with van der Waals surface area (Å²) in [4.78, 5) is 12.4. The average Bonchev–Trinajstić information content (AvgIpc) is 2.71. The number of aryl methyl sites for hydroxylation is 1. The number of hydrogen-bond donors (Lipinski definition) is 1. The predicted molar refractivity (Wildman–Crippen MR) is 116 cm³/mol. The van der Waals surface area contributed by atoms with Gasteiger partial charge in [0.25, 0.3) is 0 Å². The molecule has 0 saturated carbocycles. The van der Waals surface area contributed by atoms with E-state index in [-0.39, 0.29) is 39.9 Å². The molecule has 5 nitrogen and oxygen atoms in total. The van der Waals surface area contributed by atoms with Crippen LogP contribution in [0, 0.1) is 5.92 Å². The van der Waals surface area contributed by atoms with E-state index in [0.29, 0.717) is 19.4 Å². The Hall–Kier alpha value is -1.60. The van der Waals surface area contributed by atoms with Gasteiger partial charge in [-0.25, -0.2) is 8.42 Å². The highest BCUT2D eigenvalue weighted by Crippen LogP contribution is 2.33. The lowest BCUT2D eigenvalue weighted by Crippen LogP contribution is -2.43. The number of amides is 1. The molecule has 2 aromatic carbocycles. The van der Waals surface area contributed by atoms with Crippen LogP contribution in [0.2, 0.25) is 10.0 Å². The Labute approximate surface area is 182 Å². The summed E-state index contributed by atoms with van der Waals surface area (Å²) in [6.07, 6.45) is 2.74. The topological polar surface area (TPSA) is 66.5 Å². The molecule has 1 heterocycles. The van der Waals surface area contributed by atoms with Gasteiger partial charge in [0.15, 0.2) is 0 Å². The van der Waals surface area contributed by atoms with Gasteiger partial charge in [-0.05, 0) is 43.4 Å². The van der Waals surface area contributed by atoms with Crippen molar-refractivity contribution in [3.63, 3.8) is 0 Å². The maximum atomic E-state index is 12.9. The molecule has 2 aromatic rings. The molecule has 0 aromatic heterocycles. The summed E-state index contributed by atoms with van der Waals surface area (Å²) < 4.78 is 27.2. The molecule has 1 aliphatic rings. The molecule has 0 bridgehead atoms. The summed E-state index contributed by atoms with van der Waals surface area (Å²) >= 11 is 12.1. The highest BCUT2D eigenvalue weighted by molar-refractivity contribution is 7.89. The second-order valence-corrected chi connectivity index (χ2v) is 9.80. The first-order valence-electron chi connectivity index (χ1n) is 9.65. The van der Waals surface area contributed by atoms with Crippen LogP contribution in [0.15, 0.2) is 53.4 Å². The third-order valence-corrected chi connectivity index (χ3v) is 7.98. The molecular formula is C21H24Cl2N2O3S. The Kier molecular flexibility index (Phi) is 7.57. The van der Waals surface area contributed by atoms with Gasteiger partial charge in [-0.15, -0.1) is 0 Å². The van der Waals surface area contributed by atoms with Crippen LogP contribution in [0.5, 0.6) is 0 Å². The number of hydrogen-bond acceptors (Lipinski definition) is 3. The Balaban J connectivity index is 1.49. The quantitative estimate of drug-likeness (QED) is 0.639. The van der Waals surface area contributed by atoms with Gasteiger partial charge in [-0.1, -0.05) is 59.6 Å². The molecule has 1 N–H and O–H groups in total. The standard InChI is InChI=1S/C21H24Cl2N2O3S/c22-18-9-4-10-19(23)20(18)29(27,28)25-14-11-17(12-15-25)21(26)24-13-5-8-16-6-2-1-3-7-16/h1-4,6-7,9-10,17H,5,8,11-15H2,(H,24,26). The van der Waals surface area contributed by atoms with Crippen molar-refractivity contribution in [2.45, 2.75) is 30.6 Å². The van der Waals surface area contributed by atoms with Gasteiger partial charge in [0, 0.05) is 25.6 Å². The zero-order valence-corrected chi connectivity index (χ0v) is 18.3. The summed E-state index contributed by atoms with van der Waals surface area (Å²) in [5, 5.41) is 3.19. The normalized spacial score (nSPS) is 15.9. The van der Waals surface area contributed by atoms with Crippen LogP contribution in [0.1, 0.15) is 24.8 Å². The van der Waals surface area contributed by atoms with Crippen LogP contribution in [0.25, 0.3) is 0 Å². The van der Waals surface area contributed by atoms with E-state index in [1.165, 1.54) is 22.0 Å². The van der Waals surface area contributed by atoms with E-state index in [4.69, 9.17) is 23.2 Å². The number of nitrogens with zero attached hydrogens (tertiary/aromatic N) is 1. The average molecular weight is 455 g/mol. The van der Waals surface area contributed by atoms with E-state index in [0.717, 1.165) is 12.8 Å². The minimum Gasteiger partial charge on any atom is -0.356 e. The summed E-state index contributed by atoms with van der Waals surface area (Å²) in [6, 6.07) is 14.8. The lowest BCUT2D eigenvalue weighted by Gasteiger charge is -2.31. The lowest BCUT2D eigenvalue weighted by molar-refractivity contribution is -0.126. The first-order chi connectivity index (χ1) is 13.9. The molecule has 8 heteroatoms. The van der Waals surface area contributed by atoms with Gasteiger partial charge in [0.05, 0.1) is 10.0 Å². The number of halogens is 2. The van der Waals surface area contributed by atoms with Crippen molar-refractivity contribution in [1.82, 2.24) is 9.62 Å². The Morgan fingerprint density at radius 2 is 1.62 bits per heavy atom. The third-order valence-electron chi connectivity index (χ3n) is 5.13. The Bertz CT molecular complexity index is 923. The van der Waals surface area contributed by atoms with Crippen LogP contribution < -0.4 is 5.32 Å². The van der Waals surface area contributed by atoms with Crippen LogP contribution in [0.4, 0.5) is 0 Å². The van der Waals surface area contributed by atoms with Crippen molar-refractivity contribution in [3.05, 3.63) is 64.1 Å². The highest BCUT2D eigenvalue weighted by Gasteiger charge is 2.34. The van der Waals surface area contributed by atoms with Gasteiger partial charge < -0.3 is 5.32 Å². The summed E-state index contributed by atoms with van der Waals surface area (Å²) in [5.41, 5.74) is 1.25. The van der Waals surface area contributed by atoms with Gasteiger partial charge in [0.2, 0.25) is 15.9 Å². The van der Waals surface area contributed by atoms with Crippen molar-refractivity contribution in [2.75, 3.05) is 19.6 Å². The molecule has 1 amide bonds. The number of rotatable bonds is 7. The summed E-state index contributed by atoms with van der Waals surface area (Å²) in [7, 11) is -3.79. The number of carbonyl (C=O) groups excluding carboxylic acids is 1. The van der Waals surface area contributed by atoms with Crippen LogP contribution >= 0.6 is 23.2 Å². The van der Waals surface area contributed by atoms with Gasteiger partial charge >= 0.3 is 0 Å². The van der Waals surface area contributed by atoms with E-state index in [9.17, 15) is 13.2 Å². The second-order valence-electron chi connectivity index (χ2n) is 7.11. The molecule has 29 heavy (non-hydrogen) atoms. The van der Waals surface area contributed by atoms with Crippen molar-refractivity contribution in [2.24, 2.45) is 5.92 Å². The van der Waals surface area contributed by atoms with Crippen LogP contribution in [0.3, 0.4) is 0 Å².